The van der Waals surface area contributed by atoms with E-state index in [1.807, 2.05) is 32.9 Å². The van der Waals surface area contributed by atoms with Crippen LogP contribution in [0.4, 0.5) is 0 Å². The molecule has 1 nitrogen and oxygen atoms in total. The third kappa shape index (κ3) is 3.45. The Morgan fingerprint density at radius 2 is 1.63 bits per heavy atom. The molecule has 0 bridgehead atoms. The molecule has 0 heterocycles. The van der Waals surface area contributed by atoms with E-state index in [2.05, 4.69) is 18.2 Å². The lowest BCUT2D eigenvalue weighted by Crippen LogP contribution is -2.06. The first-order valence-corrected chi connectivity index (χ1v) is 6.70. The molecule has 0 aromatic heterocycles. The lowest BCUT2D eigenvalue weighted by molar-refractivity contribution is 0.0992. The number of Topliss-reactive ketones (excluding diaryl/α,β-unsaturated/α-hetero) is 1. The average Bonchev–Trinajstić information content (AvgIpc) is 2.30. The van der Waals surface area contributed by atoms with E-state index in [4.69, 9.17) is 11.6 Å². The highest BCUT2D eigenvalue weighted by Crippen LogP contribution is 2.18. The molecule has 2 aromatic rings. The van der Waals surface area contributed by atoms with Crippen molar-refractivity contribution in [3.63, 3.8) is 0 Å². The van der Waals surface area contributed by atoms with Crippen molar-refractivity contribution in [2.75, 3.05) is 0 Å². The molecule has 0 N–H and O–H groups in total. The minimum absolute atomic E-state index is 0.116. The summed E-state index contributed by atoms with van der Waals surface area (Å²) in [4.78, 5) is 12.4. The van der Waals surface area contributed by atoms with Crippen LogP contribution in [0.2, 0.25) is 5.02 Å². The van der Waals surface area contributed by atoms with Gasteiger partial charge >= 0.3 is 0 Å². The van der Waals surface area contributed by atoms with Gasteiger partial charge in [-0.15, -0.1) is 0 Å². The van der Waals surface area contributed by atoms with Gasteiger partial charge in [0, 0.05) is 17.0 Å². The summed E-state index contributed by atoms with van der Waals surface area (Å²) in [6.45, 7) is 6.03. The van der Waals surface area contributed by atoms with Crippen LogP contribution in [0.25, 0.3) is 0 Å². The summed E-state index contributed by atoms with van der Waals surface area (Å²) in [5.74, 6) is 0.116. The molecule has 0 aliphatic heterocycles. The molecule has 0 aliphatic carbocycles. The summed E-state index contributed by atoms with van der Waals surface area (Å²) in [6.07, 6.45) is 0.420. The van der Waals surface area contributed by atoms with Crippen molar-refractivity contribution in [1.82, 2.24) is 0 Å². The van der Waals surface area contributed by atoms with Gasteiger partial charge in [0.1, 0.15) is 0 Å². The number of aryl methyl sites for hydroxylation is 3. The highest BCUT2D eigenvalue weighted by atomic mass is 35.5. The number of ketones is 1. The Morgan fingerprint density at radius 3 is 2.26 bits per heavy atom. The number of halogens is 1. The van der Waals surface area contributed by atoms with Gasteiger partial charge in [-0.25, -0.2) is 0 Å². The van der Waals surface area contributed by atoms with Crippen molar-refractivity contribution in [2.45, 2.75) is 27.2 Å². The fraction of sp³-hybridized carbons (Fsp3) is 0.235. The van der Waals surface area contributed by atoms with Gasteiger partial charge in [0.15, 0.2) is 5.78 Å². The van der Waals surface area contributed by atoms with Crippen LogP contribution in [-0.4, -0.2) is 5.78 Å². The van der Waals surface area contributed by atoms with Crippen LogP contribution in [-0.2, 0) is 6.42 Å². The lowest BCUT2D eigenvalue weighted by atomic mass is 9.97. The predicted octanol–water partition coefficient (Wildman–Crippen LogP) is 4.69. The molecule has 19 heavy (non-hydrogen) atoms. The summed E-state index contributed by atoms with van der Waals surface area (Å²) in [7, 11) is 0. The standard InChI is InChI=1S/C17H17ClO/c1-11-6-12(2)8-14(7-11)9-17(19)16-10-15(18)5-4-13(16)3/h4-8,10H,9H2,1-3H3. The maximum Gasteiger partial charge on any atom is 0.167 e. The highest BCUT2D eigenvalue weighted by Gasteiger charge is 2.11. The van der Waals surface area contributed by atoms with Crippen molar-refractivity contribution in [3.8, 4) is 0 Å². The van der Waals surface area contributed by atoms with Gasteiger partial charge in [-0.1, -0.05) is 47.0 Å². The Morgan fingerprint density at radius 1 is 1.00 bits per heavy atom. The number of benzene rings is 2. The van der Waals surface area contributed by atoms with Crippen molar-refractivity contribution >= 4 is 17.4 Å². The smallest absolute Gasteiger partial charge is 0.167 e. The molecule has 0 saturated carbocycles. The minimum atomic E-state index is 0.116. The largest absolute Gasteiger partial charge is 0.294 e. The van der Waals surface area contributed by atoms with Gasteiger partial charge in [0.05, 0.1) is 0 Å². The van der Waals surface area contributed by atoms with Gasteiger partial charge < -0.3 is 0 Å². The number of hydrogen-bond donors (Lipinski definition) is 0. The Bertz CT molecular complexity index is 609. The molecule has 2 rings (SSSR count). The molecule has 2 heteroatoms. The molecule has 0 amide bonds. The summed E-state index contributed by atoms with van der Waals surface area (Å²) in [5.41, 5.74) is 5.11. The Labute approximate surface area is 119 Å². The van der Waals surface area contributed by atoms with Gasteiger partial charge in [-0.2, -0.15) is 0 Å². The molecular formula is C17H17ClO. The van der Waals surface area contributed by atoms with Gasteiger partial charge in [-0.3, -0.25) is 4.79 Å². The van der Waals surface area contributed by atoms with Crippen LogP contribution in [0, 0.1) is 20.8 Å². The van der Waals surface area contributed by atoms with E-state index in [-0.39, 0.29) is 5.78 Å². The van der Waals surface area contributed by atoms with Crippen molar-refractivity contribution in [1.29, 1.82) is 0 Å². The fourth-order valence-corrected chi connectivity index (χ4v) is 2.52. The van der Waals surface area contributed by atoms with E-state index in [0.717, 1.165) is 11.1 Å². The normalized spacial score (nSPS) is 10.5. The number of carbonyl (C=O) groups excluding carboxylic acids is 1. The minimum Gasteiger partial charge on any atom is -0.294 e. The van der Waals surface area contributed by atoms with Crippen molar-refractivity contribution in [3.05, 3.63) is 69.2 Å². The molecule has 0 radical (unpaired) electrons. The summed E-state index contributed by atoms with van der Waals surface area (Å²) < 4.78 is 0. The SMILES string of the molecule is Cc1cc(C)cc(CC(=O)c2cc(Cl)ccc2C)c1. The summed E-state index contributed by atoms with van der Waals surface area (Å²) in [6, 6.07) is 11.7. The molecule has 0 unspecified atom stereocenters. The first kappa shape index (κ1) is 13.8. The van der Waals surface area contributed by atoms with Crippen LogP contribution in [0.3, 0.4) is 0 Å². The first-order valence-electron chi connectivity index (χ1n) is 6.32. The molecule has 2 aromatic carbocycles. The van der Waals surface area contributed by atoms with Crippen molar-refractivity contribution in [2.24, 2.45) is 0 Å². The summed E-state index contributed by atoms with van der Waals surface area (Å²) in [5, 5.41) is 0.606. The van der Waals surface area contributed by atoms with E-state index in [9.17, 15) is 4.79 Å². The van der Waals surface area contributed by atoms with E-state index in [1.165, 1.54) is 11.1 Å². The van der Waals surface area contributed by atoms with Crippen LogP contribution in [0.1, 0.15) is 32.6 Å². The topological polar surface area (TPSA) is 17.1 Å². The monoisotopic (exact) mass is 272 g/mol. The predicted molar refractivity (Wildman–Crippen MR) is 80.1 cm³/mol. The molecule has 98 valence electrons. The van der Waals surface area contributed by atoms with Crippen LogP contribution >= 0.6 is 11.6 Å². The zero-order valence-corrected chi connectivity index (χ0v) is 12.2. The first-order chi connectivity index (χ1) is 8.95. The van der Waals surface area contributed by atoms with Gasteiger partial charge in [-0.05, 0) is 44.0 Å². The second-order valence-electron chi connectivity index (χ2n) is 5.06. The van der Waals surface area contributed by atoms with E-state index < -0.39 is 0 Å². The zero-order valence-electron chi connectivity index (χ0n) is 11.5. The molecule has 0 aliphatic rings. The molecule has 0 fully saturated rings. The fourth-order valence-electron chi connectivity index (χ4n) is 2.35. The average molecular weight is 273 g/mol. The lowest BCUT2D eigenvalue weighted by Gasteiger charge is -2.07. The Hall–Kier alpha value is -1.60. The summed E-state index contributed by atoms with van der Waals surface area (Å²) >= 11 is 5.96. The maximum absolute atomic E-state index is 12.4. The van der Waals surface area contributed by atoms with Crippen LogP contribution in [0.5, 0.6) is 0 Å². The van der Waals surface area contributed by atoms with E-state index >= 15 is 0 Å². The molecule has 0 saturated heterocycles. The Kier molecular flexibility index (Phi) is 4.06. The van der Waals surface area contributed by atoms with E-state index in [0.29, 0.717) is 17.0 Å². The number of hydrogen-bond acceptors (Lipinski definition) is 1. The molecule has 0 spiro atoms. The van der Waals surface area contributed by atoms with E-state index in [1.54, 1.807) is 6.07 Å². The number of carbonyl (C=O) groups is 1. The van der Waals surface area contributed by atoms with Crippen LogP contribution in [0.15, 0.2) is 36.4 Å². The molecule has 0 atom stereocenters. The zero-order chi connectivity index (χ0) is 14.0. The maximum atomic E-state index is 12.4. The van der Waals surface area contributed by atoms with Gasteiger partial charge in [0.2, 0.25) is 0 Å². The third-order valence-corrected chi connectivity index (χ3v) is 3.38. The third-order valence-electron chi connectivity index (χ3n) is 3.15. The number of rotatable bonds is 3. The molecular weight excluding hydrogens is 256 g/mol. The highest BCUT2D eigenvalue weighted by molar-refractivity contribution is 6.31. The second kappa shape index (κ2) is 5.58. The van der Waals surface area contributed by atoms with Crippen LogP contribution < -0.4 is 0 Å². The second-order valence-corrected chi connectivity index (χ2v) is 5.49. The van der Waals surface area contributed by atoms with Crippen molar-refractivity contribution < 1.29 is 4.79 Å². The van der Waals surface area contributed by atoms with Gasteiger partial charge in [0.25, 0.3) is 0 Å². The quantitative estimate of drug-likeness (QED) is 0.741. The Balaban J connectivity index is 2.28.